The van der Waals surface area contributed by atoms with Crippen LogP contribution < -0.4 is 10.6 Å². The summed E-state index contributed by atoms with van der Waals surface area (Å²) in [6, 6.07) is 4.91. The quantitative estimate of drug-likeness (QED) is 0.218. The van der Waals surface area contributed by atoms with E-state index in [0.717, 1.165) is 25.2 Å². The second kappa shape index (κ2) is 13.1. The van der Waals surface area contributed by atoms with Crippen LogP contribution in [0.25, 0.3) is 0 Å². The monoisotopic (exact) mass is 554 g/mol. The molecule has 1 heterocycles. The number of rotatable bonds is 6. The predicted octanol–water partition coefficient (Wildman–Crippen LogP) is 2.31. The Balaban J connectivity index is 0.00000480. The summed E-state index contributed by atoms with van der Waals surface area (Å²) in [4.78, 5) is 6.55. The van der Waals surface area contributed by atoms with Gasteiger partial charge in [-0.1, -0.05) is 17.9 Å². The zero-order valence-corrected chi connectivity index (χ0v) is 20.1. The van der Waals surface area contributed by atoms with Crippen LogP contribution >= 0.6 is 24.0 Å². The maximum atomic E-state index is 12.8. The zero-order chi connectivity index (χ0) is 22.0. The van der Waals surface area contributed by atoms with Gasteiger partial charge in [0.25, 0.3) is 0 Å². The van der Waals surface area contributed by atoms with Crippen molar-refractivity contribution in [2.45, 2.75) is 25.6 Å². The Labute approximate surface area is 198 Å². The van der Waals surface area contributed by atoms with Gasteiger partial charge >= 0.3 is 6.18 Å². The third kappa shape index (κ3) is 10.5. The Morgan fingerprint density at radius 3 is 2.61 bits per heavy atom. The van der Waals surface area contributed by atoms with Crippen molar-refractivity contribution in [3.05, 3.63) is 35.4 Å². The van der Waals surface area contributed by atoms with Crippen LogP contribution in [0.15, 0.2) is 29.3 Å². The number of guanidine groups is 1. The number of hydrogen-bond acceptors (Lipinski definition) is 4. The van der Waals surface area contributed by atoms with E-state index < -0.39 is 17.3 Å². The first-order valence-corrected chi connectivity index (χ1v) is 9.90. The van der Waals surface area contributed by atoms with E-state index in [1.165, 1.54) is 12.1 Å². The fourth-order valence-electron chi connectivity index (χ4n) is 2.93. The van der Waals surface area contributed by atoms with E-state index in [0.29, 0.717) is 37.8 Å². The molecule has 6 nitrogen and oxygen atoms in total. The van der Waals surface area contributed by atoms with Crippen LogP contribution in [-0.2, 0) is 10.9 Å². The van der Waals surface area contributed by atoms with Crippen LogP contribution in [0.5, 0.6) is 0 Å². The molecule has 3 N–H and O–H groups in total. The predicted molar refractivity (Wildman–Crippen MR) is 126 cm³/mol. The van der Waals surface area contributed by atoms with Gasteiger partial charge in [-0.25, -0.2) is 0 Å². The minimum Gasteiger partial charge on any atom is -0.387 e. The molecule has 0 amide bonds. The maximum Gasteiger partial charge on any atom is 0.416 e. The number of alkyl halides is 3. The van der Waals surface area contributed by atoms with Crippen molar-refractivity contribution in [1.29, 1.82) is 0 Å². The number of hydrogen-bond donors (Lipinski definition) is 3. The van der Waals surface area contributed by atoms with Gasteiger partial charge in [0.05, 0.1) is 37.5 Å². The molecule has 31 heavy (non-hydrogen) atoms. The van der Waals surface area contributed by atoms with Crippen molar-refractivity contribution in [3.63, 3.8) is 0 Å². The molecule has 1 atom stereocenters. The lowest BCUT2D eigenvalue weighted by molar-refractivity contribution is -0.137. The molecule has 0 spiro atoms. The van der Waals surface area contributed by atoms with E-state index in [1.807, 2.05) is 6.92 Å². The second-order valence-electron chi connectivity index (χ2n) is 7.31. The molecule has 0 saturated carbocycles. The van der Waals surface area contributed by atoms with Crippen molar-refractivity contribution in [2.24, 2.45) is 4.99 Å². The molecule has 0 aliphatic carbocycles. The van der Waals surface area contributed by atoms with Crippen LogP contribution in [0.2, 0.25) is 0 Å². The first-order chi connectivity index (χ1) is 14.2. The summed E-state index contributed by atoms with van der Waals surface area (Å²) in [5, 5.41) is 16.7. The number of morpholine rings is 1. The smallest absolute Gasteiger partial charge is 0.387 e. The fraction of sp³-hybridized carbons (Fsp3) is 0.571. The van der Waals surface area contributed by atoms with Crippen molar-refractivity contribution in [1.82, 2.24) is 15.5 Å². The molecule has 2 rings (SSSR count). The molecule has 1 aromatic rings. The molecular formula is C21H30F3IN4O2. The first-order valence-electron chi connectivity index (χ1n) is 9.90. The molecular weight excluding hydrogens is 524 g/mol. The molecule has 1 aliphatic heterocycles. The standard InChI is InChI=1S/C21H29F3N4O2.HI/c1-3-25-19(27-15-20(2,29)16-28-10-12-30-13-11-28)26-9-5-7-17-6-4-8-18(14-17)21(22,23)24;/h4,6,8,14,29H,3,9-13,15-16H2,1-2H3,(H2,25,26,27);1H. The van der Waals surface area contributed by atoms with Gasteiger partial charge in [0.15, 0.2) is 5.96 Å². The van der Waals surface area contributed by atoms with Crippen LogP contribution in [0.3, 0.4) is 0 Å². The van der Waals surface area contributed by atoms with Crippen LogP contribution in [0, 0.1) is 11.8 Å². The van der Waals surface area contributed by atoms with Gasteiger partial charge in [0, 0.05) is 31.7 Å². The molecule has 1 saturated heterocycles. The van der Waals surface area contributed by atoms with Gasteiger partial charge in [0.1, 0.15) is 0 Å². The zero-order valence-electron chi connectivity index (χ0n) is 17.8. The number of benzene rings is 1. The molecule has 1 aliphatic rings. The van der Waals surface area contributed by atoms with Crippen LogP contribution in [0.4, 0.5) is 13.2 Å². The summed E-state index contributed by atoms with van der Waals surface area (Å²) in [6.07, 6.45) is -4.39. The highest BCUT2D eigenvalue weighted by molar-refractivity contribution is 14.0. The van der Waals surface area contributed by atoms with E-state index in [9.17, 15) is 18.3 Å². The molecule has 0 radical (unpaired) electrons. The Hall–Kier alpha value is -1.55. The van der Waals surface area contributed by atoms with Crippen molar-refractivity contribution < 1.29 is 23.0 Å². The Bertz CT molecular complexity index is 770. The van der Waals surface area contributed by atoms with Crippen molar-refractivity contribution >= 4 is 29.9 Å². The number of aliphatic hydroxyl groups is 1. The topological polar surface area (TPSA) is 69.1 Å². The van der Waals surface area contributed by atoms with Gasteiger partial charge in [-0.2, -0.15) is 13.2 Å². The van der Waals surface area contributed by atoms with Gasteiger partial charge in [-0.05, 0) is 32.0 Å². The third-order valence-electron chi connectivity index (χ3n) is 4.36. The normalized spacial score (nSPS) is 17.0. The maximum absolute atomic E-state index is 12.8. The summed E-state index contributed by atoms with van der Waals surface area (Å²) in [6.45, 7) is 8.05. The van der Waals surface area contributed by atoms with Gasteiger partial charge < -0.3 is 20.5 Å². The largest absolute Gasteiger partial charge is 0.416 e. The van der Waals surface area contributed by atoms with Gasteiger partial charge in [0.2, 0.25) is 0 Å². The van der Waals surface area contributed by atoms with E-state index in [4.69, 9.17) is 4.74 Å². The minimum atomic E-state index is -4.39. The van der Waals surface area contributed by atoms with E-state index in [2.05, 4.69) is 32.4 Å². The number of nitrogens with zero attached hydrogens (tertiary/aromatic N) is 2. The highest BCUT2D eigenvalue weighted by Gasteiger charge is 2.30. The van der Waals surface area contributed by atoms with Crippen LogP contribution in [-0.4, -0.2) is 74.0 Å². The highest BCUT2D eigenvalue weighted by atomic mass is 127. The molecule has 1 aromatic carbocycles. The number of halogens is 4. The summed E-state index contributed by atoms with van der Waals surface area (Å²) in [5.74, 6) is 6.00. The van der Waals surface area contributed by atoms with Crippen LogP contribution in [0.1, 0.15) is 25.0 Å². The average molecular weight is 554 g/mol. The Morgan fingerprint density at radius 1 is 1.26 bits per heavy atom. The molecule has 0 aromatic heterocycles. The molecule has 10 heteroatoms. The average Bonchev–Trinajstić information content (AvgIpc) is 2.69. The van der Waals surface area contributed by atoms with E-state index in [-0.39, 0.29) is 37.1 Å². The lowest BCUT2D eigenvalue weighted by atomic mass is 10.1. The number of aliphatic imine (C=N–C) groups is 1. The number of nitrogens with one attached hydrogen (secondary N) is 2. The Kier molecular flexibility index (Phi) is 11.6. The highest BCUT2D eigenvalue weighted by Crippen LogP contribution is 2.29. The number of ether oxygens (including phenoxy) is 1. The summed E-state index contributed by atoms with van der Waals surface area (Å²) >= 11 is 0. The van der Waals surface area contributed by atoms with E-state index >= 15 is 0 Å². The molecule has 174 valence electrons. The summed E-state index contributed by atoms with van der Waals surface area (Å²) in [5.41, 5.74) is -1.43. The molecule has 1 unspecified atom stereocenters. The van der Waals surface area contributed by atoms with Crippen molar-refractivity contribution in [3.8, 4) is 11.8 Å². The summed E-state index contributed by atoms with van der Waals surface area (Å²) < 4.78 is 43.6. The minimum absolute atomic E-state index is 0. The lowest BCUT2D eigenvalue weighted by Gasteiger charge is -2.33. The van der Waals surface area contributed by atoms with Gasteiger partial charge in [-0.15, -0.1) is 24.0 Å². The number of β-amino-alcohol motifs (C(OH)–C–C–N with tert-alkyl or cyclic N) is 1. The van der Waals surface area contributed by atoms with E-state index in [1.54, 1.807) is 6.92 Å². The molecule has 0 bridgehead atoms. The first kappa shape index (κ1) is 27.5. The molecule has 1 fully saturated rings. The third-order valence-corrected chi connectivity index (χ3v) is 4.36. The lowest BCUT2D eigenvalue weighted by Crippen LogP contribution is -2.48. The second-order valence-corrected chi connectivity index (χ2v) is 7.31. The summed E-state index contributed by atoms with van der Waals surface area (Å²) in [7, 11) is 0. The van der Waals surface area contributed by atoms with Gasteiger partial charge in [-0.3, -0.25) is 9.89 Å². The Morgan fingerprint density at radius 2 is 1.97 bits per heavy atom. The SMILES string of the molecule is CCNC(=NCC(C)(O)CN1CCOCC1)NCC#Cc1cccc(C(F)(F)F)c1.I. The fourth-order valence-corrected chi connectivity index (χ4v) is 2.93. The van der Waals surface area contributed by atoms with Crippen molar-refractivity contribution in [2.75, 3.05) is 52.5 Å².